The lowest BCUT2D eigenvalue weighted by atomic mass is 9.81. The van der Waals surface area contributed by atoms with Gasteiger partial charge in [0.25, 0.3) is 0 Å². The second-order valence-corrected chi connectivity index (χ2v) is 18.4. The maximum Gasteiger partial charge on any atom is 0.152 e. The number of hydrogen-bond donors (Lipinski definition) is 0. The number of para-hydroxylation sites is 3. The molecule has 3 nitrogen and oxygen atoms in total. The Morgan fingerprint density at radius 2 is 1.02 bits per heavy atom. The summed E-state index contributed by atoms with van der Waals surface area (Å²) >= 11 is 1.87. The summed E-state index contributed by atoms with van der Waals surface area (Å²) in [7, 11) is 0. The molecule has 0 radical (unpaired) electrons. The van der Waals surface area contributed by atoms with Crippen LogP contribution in [0.5, 0.6) is 11.5 Å². The first-order valence-corrected chi connectivity index (χ1v) is 21.9. The molecule has 0 atom stereocenters. The third kappa shape index (κ3) is 4.47. The van der Waals surface area contributed by atoms with E-state index in [1.807, 2.05) is 11.3 Å². The lowest BCUT2D eigenvalue weighted by Gasteiger charge is -2.34. The highest BCUT2D eigenvalue weighted by molar-refractivity contribution is 7.25. The zero-order valence-electron chi connectivity index (χ0n) is 33.5. The number of benzene rings is 10. The molecule has 1 aliphatic heterocycles. The Kier molecular flexibility index (Phi) is 6.51. The molecule has 0 spiro atoms. The number of fused-ring (bicyclic) bond motifs is 17. The summed E-state index contributed by atoms with van der Waals surface area (Å²) in [6.07, 6.45) is 0. The molecule has 0 saturated carbocycles. The third-order valence-corrected chi connectivity index (χ3v) is 14.8. The maximum absolute atomic E-state index is 6.89. The highest BCUT2D eigenvalue weighted by Crippen LogP contribution is 2.58. The molecule has 0 N–H and O–H groups in total. The van der Waals surface area contributed by atoms with Crippen LogP contribution >= 0.6 is 11.3 Å². The van der Waals surface area contributed by atoms with Gasteiger partial charge >= 0.3 is 0 Å². The van der Waals surface area contributed by atoms with E-state index in [4.69, 9.17) is 4.74 Å². The minimum Gasteiger partial charge on any atom is -0.453 e. The third-order valence-electron chi connectivity index (χ3n) is 13.7. The average Bonchev–Trinajstić information content (AvgIpc) is 3.90. The maximum atomic E-state index is 6.89. The fraction of sp³-hybridized carbons (Fsp3) is 0.0526. The average molecular weight is 797 g/mol. The van der Waals surface area contributed by atoms with Crippen molar-refractivity contribution in [2.75, 3.05) is 4.90 Å². The zero-order chi connectivity index (χ0) is 40.1. The monoisotopic (exact) mass is 796 g/mol. The largest absolute Gasteiger partial charge is 0.453 e. The van der Waals surface area contributed by atoms with Gasteiger partial charge < -0.3 is 14.2 Å². The molecule has 0 amide bonds. The van der Waals surface area contributed by atoms with E-state index < -0.39 is 0 Å². The van der Waals surface area contributed by atoms with E-state index in [-0.39, 0.29) is 5.41 Å². The molecule has 1 aliphatic carbocycles. The molecule has 0 saturated heterocycles. The fourth-order valence-corrected chi connectivity index (χ4v) is 12.0. The van der Waals surface area contributed by atoms with Gasteiger partial charge in [0.05, 0.1) is 22.4 Å². The van der Waals surface area contributed by atoms with Crippen LogP contribution in [0.3, 0.4) is 0 Å². The van der Waals surface area contributed by atoms with Crippen molar-refractivity contribution < 1.29 is 4.74 Å². The van der Waals surface area contributed by atoms with Crippen molar-refractivity contribution in [2.45, 2.75) is 19.3 Å². The quantitative estimate of drug-likeness (QED) is 0.162. The Morgan fingerprint density at radius 3 is 1.82 bits per heavy atom. The van der Waals surface area contributed by atoms with Crippen molar-refractivity contribution >= 4 is 103 Å². The van der Waals surface area contributed by atoms with Crippen LogP contribution in [-0.4, -0.2) is 4.57 Å². The van der Waals surface area contributed by atoms with Crippen LogP contribution in [0.25, 0.3) is 91.1 Å². The Morgan fingerprint density at radius 1 is 0.393 bits per heavy atom. The highest BCUT2D eigenvalue weighted by atomic mass is 32.1. The molecule has 61 heavy (non-hydrogen) atoms. The lowest BCUT2D eigenvalue weighted by molar-refractivity contribution is 0.476. The van der Waals surface area contributed by atoms with Crippen LogP contribution in [0.2, 0.25) is 0 Å². The molecule has 0 unspecified atom stereocenters. The van der Waals surface area contributed by atoms with Crippen LogP contribution in [-0.2, 0) is 5.41 Å². The molecular weight excluding hydrogens is 761 g/mol. The molecule has 10 aromatic carbocycles. The Hall–Kier alpha value is -7.40. The van der Waals surface area contributed by atoms with Crippen molar-refractivity contribution in [3.8, 4) is 28.3 Å². The van der Waals surface area contributed by atoms with Gasteiger partial charge in [-0.15, -0.1) is 11.3 Å². The number of aromatic nitrogens is 1. The number of rotatable bonds is 2. The molecule has 0 fully saturated rings. The lowest BCUT2D eigenvalue weighted by Crippen LogP contribution is -2.19. The molecule has 286 valence electrons. The first kappa shape index (κ1) is 33.4. The van der Waals surface area contributed by atoms with Crippen molar-refractivity contribution in [2.24, 2.45) is 0 Å². The van der Waals surface area contributed by atoms with Gasteiger partial charge in [-0.2, -0.15) is 0 Å². The van der Waals surface area contributed by atoms with E-state index >= 15 is 0 Å². The first-order valence-electron chi connectivity index (χ1n) is 21.1. The normalized spacial score (nSPS) is 14.0. The molecule has 3 heterocycles. The van der Waals surface area contributed by atoms with E-state index in [0.717, 1.165) is 34.2 Å². The van der Waals surface area contributed by atoms with E-state index in [2.05, 4.69) is 205 Å². The molecule has 2 aromatic heterocycles. The van der Waals surface area contributed by atoms with E-state index in [1.165, 1.54) is 96.5 Å². The summed E-state index contributed by atoms with van der Waals surface area (Å²) in [5, 5.41) is 12.9. The Balaban J connectivity index is 0.976. The van der Waals surface area contributed by atoms with E-state index in [0.29, 0.717) is 0 Å². The van der Waals surface area contributed by atoms with E-state index in [1.54, 1.807) is 0 Å². The first-order chi connectivity index (χ1) is 30.0. The second kappa shape index (κ2) is 11.9. The fourth-order valence-electron chi connectivity index (χ4n) is 10.9. The van der Waals surface area contributed by atoms with Crippen molar-refractivity contribution in [1.82, 2.24) is 4.57 Å². The van der Waals surface area contributed by atoms with Gasteiger partial charge in [-0.05, 0) is 133 Å². The van der Waals surface area contributed by atoms with Gasteiger partial charge in [0.1, 0.15) is 0 Å². The van der Waals surface area contributed by atoms with Gasteiger partial charge in [-0.1, -0.05) is 117 Å². The van der Waals surface area contributed by atoms with Gasteiger partial charge in [-0.25, -0.2) is 0 Å². The summed E-state index contributed by atoms with van der Waals surface area (Å²) in [5.41, 5.74) is 11.6. The van der Waals surface area contributed by atoms with Crippen molar-refractivity contribution in [3.05, 3.63) is 193 Å². The topological polar surface area (TPSA) is 17.4 Å². The summed E-state index contributed by atoms with van der Waals surface area (Å²) in [4.78, 5) is 2.41. The molecule has 2 aliphatic rings. The highest BCUT2D eigenvalue weighted by Gasteiger charge is 2.39. The van der Waals surface area contributed by atoms with Crippen LogP contribution < -0.4 is 9.64 Å². The van der Waals surface area contributed by atoms with Gasteiger partial charge in [0, 0.05) is 47.7 Å². The number of ether oxygens (including phenoxy) is 1. The van der Waals surface area contributed by atoms with Gasteiger partial charge in [-0.3, -0.25) is 0 Å². The van der Waals surface area contributed by atoms with Crippen LogP contribution in [0.15, 0.2) is 182 Å². The molecule has 4 heteroatoms. The van der Waals surface area contributed by atoms with E-state index in [9.17, 15) is 0 Å². The standard InChI is InChI=1S/C57H36N2OS/c1-57(2)47-29-42-38-19-6-4-17-36(38)35-16-3-5-18-37(35)41(42)27-43(47)44-30-54-52(31-48(44)57)59(50-23-10-11-24-53(50)60-54)34-15-13-14-33(26-34)58-49-22-9-7-20-39(49)45-28-46-40-21-8-12-25-55(40)61-56(46)32-51(45)58/h3-32H,1-2H3. The number of hydrogen-bond acceptors (Lipinski definition) is 3. The van der Waals surface area contributed by atoms with Crippen LogP contribution in [0, 0.1) is 0 Å². The minimum atomic E-state index is -0.244. The van der Waals surface area contributed by atoms with Gasteiger partial charge in [0.2, 0.25) is 0 Å². The zero-order valence-corrected chi connectivity index (χ0v) is 34.3. The summed E-state index contributed by atoms with van der Waals surface area (Å²) < 4.78 is 12.0. The summed E-state index contributed by atoms with van der Waals surface area (Å²) in [5.74, 6) is 1.71. The molecule has 12 aromatic rings. The summed E-state index contributed by atoms with van der Waals surface area (Å²) in [6.45, 7) is 4.77. The Bertz CT molecular complexity index is 3910. The number of nitrogens with zero attached hydrogens (tertiary/aromatic N) is 2. The predicted octanol–water partition coefficient (Wildman–Crippen LogP) is 16.5. The van der Waals surface area contributed by atoms with Crippen molar-refractivity contribution in [1.29, 1.82) is 0 Å². The summed E-state index contributed by atoms with van der Waals surface area (Å²) in [6, 6.07) is 67.3. The smallest absolute Gasteiger partial charge is 0.152 e. The van der Waals surface area contributed by atoms with Crippen molar-refractivity contribution in [3.63, 3.8) is 0 Å². The number of thiophene rings is 1. The number of anilines is 3. The second-order valence-electron chi connectivity index (χ2n) is 17.3. The molecular formula is C57H36N2OS. The van der Waals surface area contributed by atoms with Crippen LogP contribution in [0.1, 0.15) is 25.0 Å². The van der Waals surface area contributed by atoms with Gasteiger partial charge in [0.15, 0.2) is 11.5 Å². The molecule has 0 bridgehead atoms. The minimum absolute atomic E-state index is 0.244. The Labute approximate surface area is 355 Å². The SMILES string of the molecule is CC1(C)c2cc3c(cc2-c2cc4c5ccccc5c5ccccc5c4cc21)Oc1ccccc1N3c1cccc(-n2c3ccccc3c3cc4c(cc32)sc2ccccc24)c1. The van der Waals surface area contributed by atoms with Crippen LogP contribution in [0.4, 0.5) is 17.1 Å². The molecule has 14 rings (SSSR count). The predicted molar refractivity (Wildman–Crippen MR) is 259 cm³/mol.